The van der Waals surface area contributed by atoms with Crippen LogP contribution in [-0.2, 0) is 9.59 Å². The van der Waals surface area contributed by atoms with Crippen molar-refractivity contribution in [3.8, 4) is 0 Å². The van der Waals surface area contributed by atoms with E-state index in [4.69, 9.17) is 0 Å². The maximum absolute atomic E-state index is 11.8. The molecule has 1 saturated heterocycles. The van der Waals surface area contributed by atoms with Gasteiger partial charge in [-0.25, -0.2) is 0 Å². The van der Waals surface area contributed by atoms with E-state index >= 15 is 0 Å². The highest BCUT2D eigenvalue weighted by Gasteiger charge is 2.41. The van der Waals surface area contributed by atoms with Crippen LogP contribution >= 0.6 is 0 Å². The molecule has 2 bridgehead atoms. The second kappa shape index (κ2) is 3.20. The number of carbonyl (C=O) groups excluding carboxylic acids is 2. The molecule has 2 unspecified atom stereocenters. The molecule has 0 aromatic rings. The van der Waals surface area contributed by atoms with Crippen molar-refractivity contribution in [2.45, 2.75) is 38.4 Å². The van der Waals surface area contributed by atoms with Gasteiger partial charge < -0.3 is 0 Å². The van der Waals surface area contributed by atoms with Crippen LogP contribution in [-0.4, -0.2) is 34.8 Å². The molecule has 1 fully saturated rings. The van der Waals surface area contributed by atoms with Crippen molar-refractivity contribution in [3.63, 3.8) is 0 Å². The Balaban J connectivity index is 2.32. The Labute approximate surface area is 83.0 Å². The van der Waals surface area contributed by atoms with E-state index in [2.05, 4.69) is 5.32 Å². The molecule has 1 N–H and O–H groups in total. The molecule has 0 spiro atoms. The minimum atomic E-state index is -0.297. The first-order valence-corrected chi connectivity index (χ1v) is 4.91. The van der Waals surface area contributed by atoms with Gasteiger partial charge in [-0.05, 0) is 20.3 Å². The van der Waals surface area contributed by atoms with Crippen LogP contribution in [0.3, 0.4) is 0 Å². The smallest absolute Gasteiger partial charge is 0.250 e. The number of fused-ring (bicyclic) bond motifs is 2. The molecule has 0 aromatic carbocycles. The Morgan fingerprint density at radius 2 is 2.14 bits per heavy atom. The SMILES string of the molecule is CC(C)N1C(=O)C2C=CCC(N2)C1=O. The van der Waals surface area contributed by atoms with Crippen molar-refractivity contribution in [2.75, 3.05) is 0 Å². The molecule has 4 nitrogen and oxygen atoms in total. The van der Waals surface area contributed by atoms with Crippen molar-refractivity contribution in [1.82, 2.24) is 10.2 Å². The van der Waals surface area contributed by atoms with E-state index in [1.807, 2.05) is 26.0 Å². The summed E-state index contributed by atoms with van der Waals surface area (Å²) >= 11 is 0. The summed E-state index contributed by atoms with van der Waals surface area (Å²) in [4.78, 5) is 24.9. The van der Waals surface area contributed by atoms with E-state index < -0.39 is 0 Å². The number of amides is 2. The summed E-state index contributed by atoms with van der Waals surface area (Å²) in [6.07, 6.45) is 4.42. The van der Waals surface area contributed by atoms with Crippen LogP contribution in [0.1, 0.15) is 20.3 Å². The van der Waals surface area contributed by atoms with Crippen LogP contribution in [0.25, 0.3) is 0 Å². The first kappa shape index (κ1) is 9.40. The summed E-state index contributed by atoms with van der Waals surface area (Å²) in [5.74, 6) is -0.220. The van der Waals surface area contributed by atoms with Crippen LogP contribution in [0.4, 0.5) is 0 Å². The van der Waals surface area contributed by atoms with Crippen LogP contribution in [0.15, 0.2) is 12.2 Å². The maximum atomic E-state index is 11.8. The summed E-state index contributed by atoms with van der Waals surface area (Å²) in [6.45, 7) is 3.72. The molecule has 2 rings (SSSR count). The highest BCUT2D eigenvalue weighted by atomic mass is 16.2. The number of hydrogen-bond donors (Lipinski definition) is 1. The van der Waals surface area contributed by atoms with E-state index in [-0.39, 0.29) is 29.9 Å². The van der Waals surface area contributed by atoms with Gasteiger partial charge >= 0.3 is 0 Å². The van der Waals surface area contributed by atoms with Gasteiger partial charge in [0.25, 0.3) is 5.91 Å². The number of imide groups is 1. The Bertz CT molecular complexity index is 309. The molecule has 14 heavy (non-hydrogen) atoms. The van der Waals surface area contributed by atoms with Gasteiger partial charge in [0, 0.05) is 6.04 Å². The summed E-state index contributed by atoms with van der Waals surface area (Å²) in [7, 11) is 0. The lowest BCUT2D eigenvalue weighted by Crippen LogP contribution is -2.65. The monoisotopic (exact) mass is 194 g/mol. The summed E-state index contributed by atoms with van der Waals surface area (Å²) in [5, 5.41) is 3.01. The van der Waals surface area contributed by atoms with Crippen LogP contribution in [0.2, 0.25) is 0 Å². The molecule has 2 amide bonds. The number of piperazine rings is 1. The van der Waals surface area contributed by atoms with Crippen molar-refractivity contribution in [2.24, 2.45) is 0 Å². The zero-order valence-electron chi connectivity index (χ0n) is 8.36. The fraction of sp³-hybridized carbons (Fsp3) is 0.600. The summed E-state index contributed by atoms with van der Waals surface area (Å²) < 4.78 is 0. The molecule has 0 aromatic heterocycles. The average Bonchev–Trinajstić information content (AvgIpc) is 2.16. The number of rotatable bonds is 1. The van der Waals surface area contributed by atoms with Gasteiger partial charge in [-0.2, -0.15) is 0 Å². The Morgan fingerprint density at radius 3 is 2.79 bits per heavy atom. The number of carbonyl (C=O) groups is 2. The highest BCUT2D eigenvalue weighted by molar-refractivity contribution is 6.04. The van der Waals surface area contributed by atoms with Gasteiger partial charge in [-0.1, -0.05) is 12.2 Å². The topological polar surface area (TPSA) is 49.4 Å². The normalized spacial score (nSPS) is 31.5. The molecule has 2 aliphatic heterocycles. The molecule has 2 atom stereocenters. The molecular formula is C10H14N2O2. The Morgan fingerprint density at radius 1 is 1.43 bits per heavy atom. The van der Waals surface area contributed by atoms with E-state index in [0.29, 0.717) is 6.42 Å². The summed E-state index contributed by atoms with van der Waals surface area (Å²) in [6, 6.07) is -0.549. The zero-order chi connectivity index (χ0) is 10.3. The van der Waals surface area contributed by atoms with Gasteiger partial charge in [-0.15, -0.1) is 0 Å². The van der Waals surface area contributed by atoms with E-state index in [9.17, 15) is 9.59 Å². The van der Waals surface area contributed by atoms with Crippen LogP contribution < -0.4 is 5.32 Å². The van der Waals surface area contributed by atoms with Crippen molar-refractivity contribution in [3.05, 3.63) is 12.2 Å². The van der Waals surface area contributed by atoms with Crippen molar-refractivity contribution < 1.29 is 9.59 Å². The van der Waals surface area contributed by atoms with Crippen molar-refractivity contribution in [1.29, 1.82) is 0 Å². The van der Waals surface area contributed by atoms with Crippen LogP contribution in [0, 0.1) is 0 Å². The third kappa shape index (κ3) is 1.26. The van der Waals surface area contributed by atoms with Crippen molar-refractivity contribution >= 4 is 11.8 Å². The van der Waals surface area contributed by atoms with E-state index in [1.165, 1.54) is 4.90 Å². The number of hydrogen-bond acceptors (Lipinski definition) is 3. The fourth-order valence-electron chi connectivity index (χ4n) is 1.95. The largest absolute Gasteiger partial charge is 0.291 e. The zero-order valence-corrected chi connectivity index (χ0v) is 8.36. The first-order chi connectivity index (χ1) is 6.61. The maximum Gasteiger partial charge on any atom is 0.250 e. The second-order valence-corrected chi connectivity index (χ2v) is 4.00. The molecule has 4 heteroatoms. The molecule has 0 radical (unpaired) electrons. The van der Waals surface area contributed by atoms with Gasteiger partial charge in [0.15, 0.2) is 0 Å². The molecular weight excluding hydrogens is 180 g/mol. The predicted octanol–water partition coefficient (Wildman–Crippen LogP) is 0.0503. The second-order valence-electron chi connectivity index (χ2n) is 4.00. The number of nitrogens with one attached hydrogen (secondary N) is 1. The van der Waals surface area contributed by atoms with Crippen LogP contribution in [0.5, 0.6) is 0 Å². The van der Waals surface area contributed by atoms with Gasteiger partial charge in [-0.3, -0.25) is 19.8 Å². The Hall–Kier alpha value is -1.16. The quantitative estimate of drug-likeness (QED) is 0.474. The summed E-state index contributed by atoms with van der Waals surface area (Å²) in [5.41, 5.74) is 0. The highest BCUT2D eigenvalue weighted by Crippen LogP contribution is 2.18. The van der Waals surface area contributed by atoms with Gasteiger partial charge in [0.1, 0.15) is 6.04 Å². The lowest BCUT2D eigenvalue weighted by atomic mass is 9.98. The van der Waals surface area contributed by atoms with E-state index in [1.54, 1.807) is 0 Å². The lowest BCUT2D eigenvalue weighted by molar-refractivity contribution is -0.153. The van der Waals surface area contributed by atoms with Gasteiger partial charge in [0.2, 0.25) is 5.91 Å². The Kier molecular flexibility index (Phi) is 2.15. The molecule has 2 aliphatic rings. The fourth-order valence-corrected chi connectivity index (χ4v) is 1.95. The number of nitrogens with zero attached hydrogens (tertiary/aromatic N) is 1. The minimum Gasteiger partial charge on any atom is -0.291 e. The predicted molar refractivity (Wildman–Crippen MR) is 51.5 cm³/mol. The lowest BCUT2D eigenvalue weighted by Gasteiger charge is -2.39. The minimum absolute atomic E-state index is 0.0476. The van der Waals surface area contributed by atoms with Gasteiger partial charge in [0.05, 0.1) is 6.04 Å². The molecule has 0 saturated carbocycles. The first-order valence-electron chi connectivity index (χ1n) is 4.91. The van der Waals surface area contributed by atoms with E-state index in [0.717, 1.165) is 0 Å². The molecule has 76 valence electrons. The third-order valence-corrected chi connectivity index (χ3v) is 2.64. The third-order valence-electron chi connectivity index (χ3n) is 2.64. The molecule has 2 heterocycles. The standard InChI is InChI=1S/C10H14N2O2/c1-6(2)12-9(13)7-4-3-5-8(11-7)10(12)14/h3-4,6-8,11H,5H2,1-2H3. The average molecular weight is 194 g/mol. The molecule has 0 aliphatic carbocycles.